The van der Waals surface area contributed by atoms with Gasteiger partial charge in [-0.1, -0.05) is 23.7 Å². The molecule has 1 nitrogen and oxygen atoms in total. The van der Waals surface area contributed by atoms with Crippen molar-refractivity contribution in [3.63, 3.8) is 0 Å². The van der Waals surface area contributed by atoms with E-state index < -0.39 is 0 Å². The van der Waals surface area contributed by atoms with Gasteiger partial charge in [0.05, 0.1) is 0 Å². The Hall–Kier alpha value is -1.05. The molecule has 2 heteroatoms. The van der Waals surface area contributed by atoms with Crippen LogP contribution in [0.5, 0.6) is 0 Å². The summed E-state index contributed by atoms with van der Waals surface area (Å²) in [5.74, 6) is 0.239. The first-order valence-electron chi connectivity index (χ1n) is 4.19. The highest BCUT2D eigenvalue weighted by atomic mass is 16.1. The van der Waals surface area contributed by atoms with Crippen LogP contribution in [0.2, 0.25) is 0 Å². The normalized spacial score (nSPS) is 15.8. The summed E-state index contributed by atoms with van der Waals surface area (Å²) in [5.41, 5.74) is 2.65. The number of rotatable bonds is 0. The average molecular weight is 156 g/mol. The highest BCUT2D eigenvalue weighted by Crippen LogP contribution is 2.18. The van der Waals surface area contributed by atoms with E-state index in [2.05, 4.69) is 0 Å². The number of benzene rings is 1. The van der Waals surface area contributed by atoms with Gasteiger partial charge in [-0.2, -0.15) is 0 Å². The summed E-state index contributed by atoms with van der Waals surface area (Å²) in [7, 11) is 5.75. The van der Waals surface area contributed by atoms with E-state index in [1.54, 1.807) is 0 Å². The predicted octanol–water partition coefficient (Wildman–Crippen LogP) is 0.999. The highest BCUT2D eigenvalue weighted by molar-refractivity contribution is 6.34. The molecule has 0 aliphatic heterocycles. The zero-order valence-corrected chi connectivity index (χ0v) is 6.84. The zero-order chi connectivity index (χ0) is 8.55. The molecule has 1 aromatic rings. The SMILES string of the molecule is [B]c1cccc2c1CCCC2=O. The molecule has 0 unspecified atom stereocenters. The smallest absolute Gasteiger partial charge is 0.163 e. The Balaban J connectivity index is 2.59. The lowest BCUT2D eigenvalue weighted by molar-refractivity contribution is 0.0972. The van der Waals surface area contributed by atoms with Crippen molar-refractivity contribution in [3.05, 3.63) is 29.3 Å². The van der Waals surface area contributed by atoms with Gasteiger partial charge in [-0.3, -0.25) is 4.79 Å². The summed E-state index contributed by atoms with van der Waals surface area (Å²) in [6, 6.07) is 5.57. The summed E-state index contributed by atoms with van der Waals surface area (Å²) in [6.07, 6.45) is 2.57. The van der Waals surface area contributed by atoms with Crippen molar-refractivity contribution in [2.75, 3.05) is 0 Å². The van der Waals surface area contributed by atoms with E-state index in [0.29, 0.717) is 6.42 Å². The molecule has 0 saturated heterocycles. The Morgan fingerprint density at radius 3 is 2.83 bits per heavy atom. The summed E-state index contributed by atoms with van der Waals surface area (Å²) in [4.78, 5) is 11.4. The molecule has 1 aliphatic rings. The largest absolute Gasteiger partial charge is 0.294 e. The van der Waals surface area contributed by atoms with Crippen LogP contribution in [0.25, 0.3) is 0 Å². The van der Waals surface area contributed by atoms with Gasteiger partial charge < -0.3 is 0 Å². The molecule has 12 heavy (non-hydrogen) atoms. The molecule has 1 aromatic carbocycles. The number of fused-ring (bicyclic) bond motifs is 1. The van der Waals surface area contributed by atoms with E-state index in [1.165, 1.54) is 0 Å². The molecule has 0 spiro atoms. The molecule has 2 rings (SSSR count). The van der Waals surface area contributed by atoms with Gasteiger partial charge in [-0.05, 0) is 18.4 Å². The second-order valence-electron chi connectivity index (χ2n) is 3.15. The van der Waals surface area contributed by atoms with Gasteiger partial charge in [0, 0.05) is 12.0 Å². The fourth-order valence-electron chi connectivity index (χ4n) is 1.71. The topological polar surface area (TPSA) is 17.1 Å². The Kier molecular flexibility index (Phi) is 1.76. The maximum Gasteiger partial charge on any atom is 0.163 e. The van der Waals surface area contributed by atoms with Crippen LogP contribution < -0.4 is 5.46 Å². The van der Waals surface area contributed by atoms with Crippen molar-refractivity contribution in [1.29, 1.82) is 0 Å². The molecule has 0 atom stereocenters. The van der Waals surface area contributed by atoms with Crippen molar-refractivity contribution in [2.24, 2.45) is 0 Å². The summed E-state index contributed by atoms with van der Waals surface area (Å²) < 4.78 is 0. The third-order valence-corrected chi connectivity index (χ3v) is 2.34. The molecule has 58 valence electrons. The first-order chi connectivity index (χ1) is 5.79. The number of carbonyl (C=O) groups is 1. The third-order valence-electron chi connectivity index (χ3n) is 2.34. The van der Waals surface area contributed by atoms with E-state index >= 15 is 0 Å². The lowest BCUT2D eigenvalue weighted by Gasteiger charge is -2.16. The van der Waals surface area contributed by atoms with Gasteiger partial charge in [-0.25, -0.2) is 0 Å². The monoisotopic (exact) mass is 156 g/mol. The molecular formula is C10H9BO. The van der Waals surface area contributed by atoms with Crippen LogP contribution in [0.3, 0.4) is 0 Å². The second-order valence-corrected chi connectivity index (χ2v) is 3.15. The quantitative estimate of drug-likeness (QED) is 0.512. The van der Waals surface area contributed by atoms with E-state index in [9.17, 15) is 4.79 Å². The van der Waals surface area contributed by atoms with Crippen LogP contribution in [0, 0.1) is 0 Å². The maximum atomic E-state index is 11.4. The van der Waals surface area contributed by atoms with E-state index in [-0.39, 0.29) is 5.78 Å². The molecule has 0 N–H and O–H groups in total. The second kappa shape index (κ2) is 2.78. The van der Waals surface area contributed by atoms with Crippen LogP contribution in [0.1, 0.15) is 28.8 Å². The van der Waals surface area contributed by atoms with E-state index in [0.717, 1.165) is 29.4 Å². The molecule has 0 amide bonds. The third kappa shape index (κ3) is 1.08. The summed E-state index contributed by atoms with van der Waals surface area (Å²) in [6.45, 7) is 0. The highest BCUT2D eigenvalue weighted by Gasteiger charge is 2.16. The van der Waals surface area contributed by atoms with Crippen molar-refractivity contribution in [2.45, 2.75) is 19.3 Å². The van der Waals surface area contributed by atoms with Gasteiger partial charge in [0.25, 0.3) is 0 Å². The molecule has 0 saturated carbocycles. The summed E-state index contributed by atoms with van der Waals surface area (Å²) in [5, 5.41) is 0. The Bertz CT molecular complexity index is 331. The van der Waals surface area contributed by atoms with Gasteiger partial charge >= 0.3 is 0 Å². The molecule has 0 aromatic heterocycles. The van der Waals surface area contributed by atoms with Crippen molar-refractivity contribution in [1.82, 2.24) is 0 Å². The van der Waals surface area contributed by atoms with Crippen molar-refractivity contribution < 1.29 is 4.79 Å². The molecular weight excluding hydrogens is 147 g/mol. The van der Waals surface area contributed by atoms with Crippen LogP contribution in [0.4, 0.5) is 0 Å². The standard InChI is InChI=1S/C10H9BO/c11-9-5-1-4-8-7(9)3-2-6-10(8)12/h1,4-5H,2-3,6H2. The molecule has 0 fully saturated rings. The van der Waals surface area contributed by atoms with Crippen LogP contribution in [-0.2, 0) is 6.42 Å². The summed E-state index contributed by atoms with van der Waals surface area (Å²) >= 11 is 0. The molecule has 1 aliphatic carbocycles. The van der Waals surface area contributed by atoms with Crippen LogP contribution in [0.15, 0.2) is 18.2 Å². The lowest BCUT2D eigenvalue weighted by atomic mass is 9.80. The predicted molar refractivity (Wildman–Crippen MR) is 49.1 cm³/mol. The fraction of sp³-hybridized carbons (Fsp3) is 0.300. The van der Waals surface area contributed by atoms with Gasteiger partial charge in [0.15, 0.2) is 5.78 Å². The molecule has 2 radical (unpaired) electrons. The number of Topliss-reactive ketones (excluding diaryl/α,β-unsaturated/α-hetero) is 1. The van der Waals surface area contributed by atoms with Crippen molar-refractivity contribution >= 4 is 19.1 Å². The number of ketones is 1. The number of hydrogen-bond donors (Lipinski definition) is 0. The molecule has 0 heterocycles. The lowest BCUT2D eigenvalue weighted by Crippen LogP contribution is -2.20. The minimum Gasteiger partial charge on any atom is -0.294 e. The average Bonchev–Trinajstić information content (AvgIpc) is 2.07. The molecule has 0 bridgehead atoms. The van der Waals surface area contributed by atoms with Gasteiger partial charge in [0.1, 0.15) is 7.85 Å². The minimum atomic E-state index is 0.239. The van der Waals surface area contributed by atoms with Crippen molar-refractivity contribution in [3.8, 4) is 0 Å². The Morgan fingerprint density at radius 2 is 2.08 bits per heavy atom. The van der Waals surface area contributed by atoms with Gasteiger partial charge in [0.2, 0.25) is 0 Å². The van der Waals surface area contributed by atoms with E-state index in [1.807, 2.05) is 18.2 Å². The first-order valence-corrected chi connectivity index (χ1v) is 4.19. The fourth-order valence-corrected chi connectivity index (χ4v) is 1.71. The maximum absolute atomic E-state index is 11.4. The van der Waals surface area contributed by atoms with Crippen LogP contribution in [-0.4, -0.2) is 13.6 Å². The van der Waals surface area contributed by atoms with Gasteiger partial charge in [-0.15, -0.1) is 0 Å². The number of hydrogen-bond acceptors (Lipinski definition) is 1. The number of carbonyl (C=O) groups excluding carboxylic acids is 1. The first kappa shape index (κ1) is 7.60. The van der Waals surface area contributed by atoms with E-state index in [4.69, 9.17) is 7.85 Å². The Morgan fingerprint density at radius 1 is 1.25 bits per heavy atom. The minimum absolute atomic E-state index is 0.239. The Labute approximate surface area is 73.2 Å². The van der Waals surface area contributed by atoms with Crippen LogP contribution >= 0.6 is 0 Å². The zero-order valence-electron chi connectivity index (χ0n) is 6.84.